The lowest BCUT2D eigenvalue weighted by Crippen LogP contribution is -2.03. The molecule has 3 aromatic rings. The van der Waals surface area contributed by atoms with Crippen LogP contribution in [0.25, 0.3) is 10.8 Å². The van der Waals surface area contributed by atoms with Crippen molar-refractivity contribution in [3.05, 3.63) is 66.1 Å². The van der Waals surface area contributed by atoms with E-state index in [0.29, 0.717) is 5.75 Å². The Bertz CT molecular complexity index is 744. The Morgan fingerprint density at radius 3 is 2.55 bits per heavy atom. The number of carboxylic acids is 1. The van der Waals surface area contributed by atoms with Gasteiger partial charge in [-0.15, -0.1) is 0 Å². The van der Waals surface area contributed by atoms with Crippen LogP contribution < -0.4 is 4.74 Å². The Morgan fingerprint density at radius 2 is 1.90 bits per heavy atom. The second-order valence-corrected chi connectivity index (χ2v) is 4.42. The minimum atomic E-state index is -1.00. The lowest BCUT2D eigenvalue weighted by molar-refractivity contribution is 0.0692. The van der Waals surface area contributed by atoms with E-state index in [1.165, 1.54) is 0 Å². The lowest BCUT2D eigenvalue weighted by Gasteiger charge is -2.10. The summed E-state index contributed by atoms with van der Waals surface area (Å²) in [5, 5.41) is 11.1. The number of fused-ring (bicyclic) bond motifs is 1. The van der Waals surface area contributed by atoms with Gasteiger partial charge in [0.15, 0.2) is 0 Å². The summed E-state index contributed by atoms with van der Waals surface area (Å²) >= 11 is 0. The van der Waals surface area contributed by atoms with E-state index >= 15 is 0 Å². The standard InChI is InChI=1S/C16H12O4/c17-16(18)14-7-12-3-1-2-4-13(12)8-15(14)20-10-11-5-6-19-9-11/h1-9H,10H2,(H,17,18). The molecule has 0 bridgehead atoms. The molecule has 0 amide bonds. The van der Waals surface area contributed by atoms with Crippen molar-refractivity contribution in [1.29, 1.82) is 0 Å². The SMILES string of the molecule is O=C(O)c1cc2ccccc2cc1OCc1ccoc1. The van der Waals surface area contributed by atoms with Crippen LogP contribution >= 0.6 is 0 Å². The first kappa shape index (κ1) is 12.3. The Kier molecular flexibility index (Phi) is 3.13. The molecule has 0 saturated carbocycles. The molecule has 4 nitrogen and oxygen atoms in total. The first-order valence-electron chi connectivity index (χ1n) is 6.14. The molecule has 0 aliphatic rings. The van der Waals surface area contributed by atoms with Crippen molar-refractivity contribution in [2.75, 3.05) is 0 Å². The number of rotatable bonds is 4. The van der Waals surface area contributed by atoms with E-state index in [2.05, 4.69) is 0 Å². The highest BCUT2D eigenvalue weighted by Gasteiger charge is 2.13. The number of furan rings is 1. The minimum Gasteiger partial charge on any atom is -0.488 e. The summed E-state index contributed by atoms with van der Waals surface area (Å²) in [6, 6.07) is 12.7. The van der Waals surface area contributed by atoms with E-state index in [-0.39, 0.29) is 12.2 Å². The van der Waals surface area contributed by atoms with Crippen LogP contribution in [0.15, 0.2) is 59.4 Å². The summed E-state index contributed by atoms with van der Waals surface area (Å²) in [7, 11) is 0. The van der Waals surface area contributed by atoms with E-state index in [1.54, 1.807) is 30.7 Å². The number of benzene rings is 2. The molecule has 0 aliphatic carbocycles. The Balaban J connectivity index is 1.98. The summed E-state index contributed by atoms with van der Waals surface area (Å²) < 4.78 is 10.6. The van der Waals surface area contributed by atoms with Gasteiger partial charge in [-0.3, -0.25) is 0 Å². The van der Waals surface area contributed by atoms with Crippen molar-refractivity contribution < 1.29 is 19.1 Å². The molecular formula is C16H12O4. The van der Waals surface area contributed by atoms with E-state index < -0.39 is 5.97 Å². The molecule has 0 aliphatic heterocycles. The highest BCUT2D eigenvalue weighted by molar-refractivity contribution is 5.97. The van der Waals surface area contributed by atoms with Crippen molar-refractivity contribution in [3.8, 4) is 5.75 Å². The van der Waals surface area contributed by atoms with Crippen LogP contribution in [-0.4, -0.2) is 11.1 Å². The first-order valence-corrected chi connectivity index (χ1v) is 6.14. The van der Waals surface area contributed by atoms with Gasteiger partial charge in [0, 0.05) is 5.56 Å². The topological polar surface area (TPSA) is 59.7 Å². The average Bonchev–Trinajstić information content (AvgIpc) is 2.97. The Hall–Kier alpha value is -2.75. The van der Waals surface area contributed by atoms with Crippen molar-refractivity contribution in [3.63, 3.8) is 0 Å². The van der Waals surface area contributed by atoms with Crippen molar-refractivity contribution in [2.45, 2.75) is 6.61 Å². The van der Waals surface area contributed by atoms with Crippen molar-refractivity contribution in [2.24, 2.45) is 0 Å². The van der Waals surface area contributed by atoms with Gasteiger partial charge in [-0.1, -0.05) is 24.3 Å². The molecule has 4 heteroatoms. The maximum atomic E-state index is 11.3. The number of hydrogen-bond donors (Lipinski definition) is 1. The fourth-order valence-corrected chi connectivity index (χ4v) is 2.04. The van der Waals surface area contributed by atoms with Gasteiger partial charge < -0.3 is 14.3 Å². The molecule has 100 valence electrons. The van der Waals surface area contributed by atoms with Gasteiger partial charge in [0.1, 0.15) is 17.9 Å². The van der Waals surface area contributed by atoms with Crippen molar-refractivity contribution >= 4 is 16.7 Å². The van der Waals surface area contributed by atoms with Crippen LogP contribution in [0.3, 0.4) is 0 Å². The molecule has 0 spiro atoms. The lowest BCUT2D eigenvalue weighted by atomic mass is 10.1. The molecule has 0 radical (unpaired) electrons. The van der Waals surface area contributed by atoms with Gasteiger partial charge in [0.2, 0.25) is 0 Å². The van der Waals surface area contributed by atoms with Gasteiger partial charge in [0.05, 0.1) is 12.5 Å². The molecule has 0 unspecified atom stereocenters. The van der Waals surface area contributed by atoms with E-state index in [4.69, 9.17) is 9.15 Å². The fourth-order valence-electron chi connectivity index (χ4n) is 2.04. The van der Waals surface area contributed by atoms with E-state index in [9.17, 15) is 9.90 Å². The fraction of sp³-hybridized carbons (Fsp3) is 0.0625. The predicted octanol–water partition coefficient (Wildman–Crippen LogP) is 3.71. The van der Waals surface area contributed by atoms with Crippen LogP contribution in [-0.2, 0) is 6.61 Å². The highest BCUT2D eigenvalue weighted by atomic mass is 16.5. The van der Waals surface area contributed by atoms with Crippen LogP contribution in [0.2, 0.25) is 0 Å². The zero-order valence-electron chi connectivity index (χ0n) is 10.6. The summed E-state index contributed by atoms with van der Waals surface area (Å²) in [5.74, 6) is -0.643. The Labute approximate surface area is 115 Å². The zero-order valence-corrected chi connectivity index (χ0v) is 10.6. The maximum absolute atomic E-state index is 11.3. The molecule has 2 aromatic carbocycles. The second kappa shape index (κ2) is 5.09. The third kappa shape index (κ3) is 2.36. The third-order valence-corrected chi connectivity index (χ3v) is 3.05. The monoisotopic (exact) mass is 268 g/mol. The van der Waals surface area contributed by atoms with Crippen LogP contribution in [0.4, 0.5) is 0 Å². The predicted molar refractivity (Wildman–Crippen MR) is 73.9 cm³/mol. The molecule has 1 aromatic heterocycles. The number of carboxylic acid groups (broad SMARTS) is 1. The van der Waals surface area contributed by atoms with E-state index in [0.717, 1.165) is 16.3 Å². The molecule has 1 N–H and O–H groups in total. The largest absolute Gasteiger partial charge is 0.488 e. The maximum Gasteiger partial charge on any atom is 0.339 e. The van der Waals surface area contributed by atoms with Crippen LogP contribution in [0.5, 0.6) is 5.75 Å². The van der Waals surface area contributed by atoms with Gasteiger partial charge in [0.25, 0.3) is 0 Å². The minimum absolute atomic E-state index is 0.159. The third-order valence-electron chi connectivity index (χ3n) is 3.05. The van der Waals surface area contributed by atoms with Crippen LogP contribution in [0, 0.1) is 0 Å². The van der Waals surface area contributed by atoms with Gasteiger partial charge in [-0.05, 0) is 29.0 Å². The Morgan fingerprint density at radius 1 is 1.15 bits per heavy atom. The zero-order chi connectivity index (χ0) is 13.9. The quantitative estimate of drug-likeness (QED) is 0.783. The van der Waals surface area contributed by atoms with Crippen molar-refractivity contribution in [1.82, 2.24) is 0 Å². The molecule has 0 saturated heterocycles. The summed E-state index contributed by atoms with van der Waals surface area (Å²) in [4.78, 5) is 11.3. The molecule has 1 heterocycles. The summed E-state index contributed by atoms with van der Waals surface area (Å²) in [5.41, 5.74) is 1.02. The van der Waals surface area contributed by atoms with E-state index in [1.807, 2.05) is 24.3 Å². The normalized spacial score (nSPS) is 10.6. The molecule has 0 atom stereocenters. The van der Waals surface area contributed by atoms with Gasteiger partial charge in [-0.2, -0.15) is 0 Å². The van der Waals surface area contributed by atoms with Crippen LogP contribution in [0.1, 0.15) is 15.9 Å². The number of hydrogen-bond acceptors (Lipinski definition) is 3. The van der Waals surface area contributed by atoms with Gasteiger partial charge >= 0.3 is 5.97 Å². The highest BCUT2D eigenvalue weighted by Crippen LogP contribution is 2.27. The number of aromatic carboxylic acids is 1. The number of ether oxygens (including phenoxy) is 1. The molecule has 3 rings (SSSR count). The van der Waals surface area contributed by atoms with Gasteiger partial charge in [-0.25, -0.2) is 4.79 Å². The molecule has 20 heavy (non-hydrogen) atoms. The summed E-state index contributed by atoms with van der Waals surface area (Å²) in [6.45, 7) is 0.273. The second-order valence-electron chi connectivity index (χ2n) is 4.42. The molecule has 0 fully saturated rings. The first-order chi connectivity index (χ1) is 9.74. The average molecular weight is 268 g/mol. The molecular weight excluding hydrogens is 256 g/mol. The smallest absolute Gasteiger partial charge is 0.339 e. The number of carbonyl (C=O) groups is 1. The summed E-state index contributed by atoms with van der Waals surface area (Å²) in [6.07, 6.45) is 3.12.